The van der Waals surface area contributed by atoms with E-state index in [9.17, 15) is 0 Å². The van der Waals surface area contributed by atoms with E-state index in [0.717, 1.165) is 34.2 Å². The van der Waals surface area contributed by atoms with E-state index < -0.39 is 22.3 Å². The summed E-state index contributed by atoms with van der Waals surface area (Å²) in [7, 11) is 0. The Morgan fingerprint density at radius 2 is 1.28 bits per heavy atom. The number of rotatable bonds is 4. The summed E-state index contributed by atoms with van der Waals surface area (Å²) in [5, 5.41) is 1.57. The first kappa shape index (κ1) is 39.4. The van der Waals surface area contributed by atoms with Gasteiger partial charge in [-0.15, -0.1) is 30.4 Å². The van der Waals surface area contributed by atoms with Crippen molar-refractivity contribution in [2.45, 2.75) is 65.2 Å². The minimum Gasteiger partial charge on any atom is -0.179 e. The average Bonchev–Trinajstić information content (AvgIpc) is 3.60. The molecule has 4 bridgehead atoms. The van der Waals surface area contributed by atoms with Crippen LogP contribution < -0.4 is 0 Å². The van der Waals surface area contributed by atoms with Gasteiger partial charge in [0.25, 0.3) is 0 Å². The van der Waals surface area contributed by atoms with Crippen molar-refractivity contribution >= 4 is 55.4 Å². The number of halogens is 4. The van der Waals surface area contributed by atoms with Gasteiger partial charge in [-0.3, -0.25) is 6.08 Å². The van der Waals surface area contributed by atoms with E-state index in [2.05, 4.69) is 100 Å². The van der Waals surface area contributed by atoms with Crippen LogP contribution in [0.5, 0.6) is 0 Å². The van der Waals surface area contributed by atoms with Crippen molar-refractivity contribution in [3.05, 3.63) is 153 Å². The predicted molar refractivity (Wildman–Crippen MR) is 216 cm³/mol. The van der Waals surface area contributed by atoms with Crippen molar-refractivity contribution < 1.29 is 22.3 Å². The molecule has 0 aromatic heterocycles. The second kappa shape index (κ2) is 17.8. The average molecular weight is 820 g/mol. The Labute approximate surface area is 333 Å². The van der Waals surface area contributed by atoms with Crippen LogP contribution in [0.1, 0.15) is 81.0 Å². The summed E-state index contributed by atoms with van der Waals surface area (Å²) in [6.45, 7) is 4.55. The molecule has 10 rings (SSSR count). The first-order chi connectivity index (χ1) is 23.3. The van der Waals surface area contributed by atoms with Crippen LogP contribution in [0, 0.1) is 41.2 Å². The molecule has 5 heteroatoms. The minimum absolute atomic E-state index is 0. The fourth-order valence-corrected chi connectivity index (χ4v) is 11.7. The maximum atomic E-state index is 5.84. The molecule has 0 heterocycles. The van der Waals surface area contributed by atoms with Gasteiger partial charge < -0.3 is 0 Å². The molecule has 0 saturated heterocycles. The molecule has 0 aliphatic heterocycles. The molecule has 0 N–H and O–H groups in total. The smallest absolute Gasteiger partial charge is 0.0253 e. The largest absolute Gasteiger partial charge is 0.179 e. The SMILES string of the molecule is CC1=[C-]C(C)C=C1CC12CC3CC(CC(C3)C1)C2.Cl.Cl.Clc1ccc([CH]=[Zr]=[CH]c2ccc(Cl)cc2)cc1.[c-]1cccc2c1Cc1ccccc1-2. The molecule has 6 aliphatic carbocycles. The van der Waals surface area contributed by atoms with Crippen LogP contribution in [-0.4, -0.2) is 7.42 Å². The summed E-state index contributed by atoms with van der Waals surface area (Å²) in [5.74, 6) is 3.82. The van der Waals surface area contributed by atoms with Crippen LogP contribution in [0.2, 0.25) is 10.0 Å². The van der Waals surface area contributed by atoms with Crippen LogP contribution in [0.15, 0.2) is 108 Å². The molecule has 0 spiro atoms. The van der Waals surface area contributed by atoms with Crippen molar-refractivity contribution in [2.75, 3.05) is 0 Å². The summed E-state index contributed by atoms with van der Waals surface area (Å²) >= 11 is 11.0. The Balaban J connectivity index is 0.000000145. The van der Waals surface area contributed by atoms with Gasteiger partial charge in [-0.25, -0.2) is 5.57 Å². The number of fused-ring (bicyclic) bond motifs is 3. The fraction of sp³-hybridized carbons (Fsp3) is 0.333. The number of benzene rings is 4. The van der Waals surface area contributed by atoms with Crippen molar-refractivity contribution in [1.82, 2.24) is 0 Å². The third-order valence-corrected chi connectivity index (χ3v) is 13.9. The Morgan fingerprint density at radius 3 is 1.82 bits per heavy atom. The van der Waals surface area contributed by atoms with Gasteiger partial charge in [0.2, 0.25) is 0 Å². The predicted octanol–water partition coefficient (Wildman–Crippen LogP) is 12.9. The van der Waals surface area contributed by atoms with Gasteiger partial charge in [0.1, 0.15) is 0 Å². The van der Waals surface area contributed by atoms with E-state index in [1.54, 1.807) is 44.1 Å². The normalized spacial score (nSPS) is 24.2. The second-order valence-corrected chi connectivity index (χ2v) is 17.9. The number of hydrogen-bond acceptors (Lipinski definition) is 0. The zero-order chi connectivity index (χ0) is 33.1. The first-order valence-corrected chi connectivity index (χ1v) is 21.2. The van der Waals surface area contributed by atoms with Crippen molar-refractivity contribution in [1.29, 1.82) is 0 Å². The van der Waals surface area contributed by atoms with Gasteiger partial charge in [0.15, 0.2) is 0 Å². The monoisotopic (exact) mass is 816 g/mol. The van der Waals surface area contributed by atoms with E-state index in [4.69, 9.17) is 23.2 Å². The van der Waals surface area contributed by atoms with E-state index in [0.29, 0.717) is 11.3 Å². The second-order valence-electron chi connectivity index (χ2n) is 14.8. The summed E-state index contributed by atoms with van der Waals surface area (Å²) in [6, 6.07) is 34.0. The van der Waals surface area contributed by atoms with Gasteiger partial charge in [-0.05, 0) is 68.1 Å². The van der Waals surface area contributed by atoms with Gasteiger partial charge in [-0.2, -0.15) is 41.5 Å². The van der Waals surface area contributed by atoms with E-state index in [1.807, 2.05) is 30.3 Å². The van der Waals surface area contributed by atoms with E-state index in [-0.39, 0.29) is 24.8 Å². The Kier molecular flexibility index (Phi) is 14.0. The standard InChI is InChI=1S/C18H25.C13H9.2C7H5Cl.2ClH.Zr/c1-12-3-13(2)17(4-12)11-18-8-14-5-15(9-18)7-16(6-14)10-18;1-3-7-12-10(5-1)9-11-6-2-4-8-13(11)12;2*1-6-2-4-7(8)5-3-6;;;/h4,12,14-16H,5-11H2,1-2H3;1-5,7-8H,9H2;2*1-5H;2*1H;/q2*-1;;;;;. The molecule has 0 amide bonds. The zero-order valence-corrected chi connectivity index (χ0v) is 34.5. The van der Waals surface area contributed by atoms with Crippen LogP contribution >= 0.6 is 48.0 Å². The molecule has 4 aromatic rings. The van der Waals surface area contributed by atoms with Crippen molar-refractivity contribution in [2.24, 2.45) is 29.1 Å². The molecule has 50 heavy (non-hydrogen) atoms. The van der Waals surface area contributed by atoms with Crippen LogP contribution in [-0.2, 0) is 28.7 Å². The van der Waals surface area contributed by atoms with Crippen LogP contribution in [0.4, 0.5) is 0 Å². The molecule has 260 valence electrons. The molecule has 4 fully saturated rings. The summed E-state index contributed by atoms with van der Waals surface area (Å²) in [5.41, 5.74) is 11.8. The molecule has 4 saturated carbocycles. The Hall–Kier alpha value is -1.86. The fourth-order valence-electron chi connectivity index (χ4n) is 9.35. The van der Waals surface area contributed by atoms with Gasteiger partial charge in [-0.1, -0.05) is 61.6 Å². The number of hydrogen-bond donors (Lipinski definition) is 0. The molecule has 1 atom stereocenters. The van der Waals surface area contributed by atoms with Gasteiger partial charge in [0.05, 0.1) is 0 Å². The van der Waals surface area contributed by atoms with Crippen LogP contribution in [0.3, 0.4) is 0 Å². The molecular formula is C45H46Cl4Zr-2. The topological polar surface area (TPSA) is 0 Å². The Bertz CT molecular complexity index is 1750. The minimum atomic E-state index is -0.623. The number of allylic oxidation sites excluding steroid dienone is 4. The quantitative estimate of drug-likeness (QED) is 0.159. The molecule has 4 aromatic carbocycles. The summed E-state index contributed by atoms with van der Waals surface area (Å²) in [4.78, 5) is 0. The molecule has 0 nitrogen and oxygen atoms in total. The van der Waals surface area contributed by atoms with Crippen molar-refractivity contribution in [3.8, 4) is 11.1 Å². The van der Waals surface area contributed by atoms with Gasteiger partial charge >= 0.3 is 123 Å². The van der Waals surface area contributed by atoms with E-state index >= 15 is 0 Å². The first-order valence-electron chi connectivity index (χ1n) is 17.6. The molecule has 0 radical (unpaired) electrons. The summed E-state index contributed by atoms with van der Waals surface area (Å²) in [6.07, 6.45) is 17.8. The maximum Gasteiger partial charge on any atom is -0.0253 e. The van der Waals surface area contributed by atoms with E-state index in [1.165, 1.54) is 45.4 Å². The summed E-state index contributed by atoms with van der Waals surface area (Å²) < 4.78 is 4.66. The molecule has 6 aliphatic rings. The maximum absolute atomic E-state index is 5.84. The van der Waals surface area contributed by atoms with Gasteiger partial charge in [0, 0.05) is 0 Å². The zero-order valence-electron chi connectivity index (χ0n) is 28.9. The van der Waals surface area contributed by atoms with Crippen LogP contribution in [0.25, 0.3) is 11.1 Å². The third-order valence-electron chi connectivity index (χ3n) is 11.0. The molecule has 1 unspecified atom stereocenters. The van der Waals surface area contributed by atoms with Crippen molar-refractivity contribution in [3.63, 3.8) is 0 Å². The molecular weight excluding hydrogens is 774 g/mol. The third kappa shape index (κ3) is 9.76. The Morgan fingerprint density at radius 1 is 0.740 bits per heavy atom.